The Bertz CT molecular complexity index is 289. The van der Waals surface area contributed by atoms with Gasteiger partial charge in [-0.25, -0.2) is 0 Å². The summed E-state index contributed by atoms with van der Waals surface area (Å²) in [5.74, 6) is 0.917. The highest BCUT2D eigenvalue weighted by Gasteiger charge is 2.10. The molecule has 0 fully saturated rings. The second-order valence-corrected chi connectivity index (χ2v) is 7.45. The maximum absolute atomic E-state index is 10.7. The van der Waals surface area contributed by atoms with Crippen LogP contribution in [0, 0.1) is 0 Å². The van der Waals surface area contributed by atoms with Gasteiger partial charge in [-0.05, 0) is 25.4 Å². The molecule has 0 rings (SSSR count). The highest BCUT2D eigenvalue weighted by Crippen LogP contribution is 2.11. The van der Waals surface area contributed by atoms with Crippen LogP contribution in [0.3, 0.4) is 0 Å². The molecule has 5 heteroatoms. The van der Waals surface area contributed by atoms with Crippen LogP contribution < -0.4 is 5.32 Å². The molecule has 1 amide bonds. The van der Waals surface area contributed by atoms with Gasteiger partial charge >= 0.3 is 0 Å². The molecule has 1 atom stereocenters. The molecule has 0 spiro atoms. The minimum absolute atomic E-state index is 0.0541. The molecule has 0 aromatic carbocycles. The van der Waals surface area contributed by atoms with Gasteiger partial charge < -0.3 is 5.32 Å². The summed E-state index contributed by atoms with van der Waals surface area (Å²) in [5.41, 5.74) is 0. The first kappa shape index (κ1) is 26.0. The van der Waals surface area contributed by atoms with Crippen molar-refractivity contribution < 1.29 is 9.59 Å². The van der Waals surface area contributed by atoms with E-state index in [9.17, 15) is 9.59 Å². The minimum Gasteiger partial charge on any atom is -0.347 e. The molecule has 0 radical (unpaired) electrons. The van der Waals surface area contributed by atoms with Gasteiger partial charge in [-0.1, -0.05) is 64.7 Å². The number of unbranched alkanes of at least 4 members (excludes halogenated alkanes) is 9. The van der Waals surface area contributed by atoms with Crippen molar-refractivity contribution in [1.29, 1.82) is 0 Å². The van der Waals surface area contributed by atoms with E-state index in [-0.39, 0.29) is 17.6 Å². The molecule has 0 aromatic heterocycles. The van der Waals surface area contributed by atoms with Crippen LogP contribution in [0.25, 0.3) is 0 Å². The third-order valence-corrected chi connectivity index (χ3v) is 4.70. The molecule has 0 aromatic rings. The van der Waals surface area contributed by atoms with E-state index in [1.807, 2.05) is 11.8 Å². The predicted octanol–water partition coefficient (Wildman–Crippen LogP) is 5.59. The third-order valence-electron chi connectivity index (χ3n) is 3.74. The second-order valence-electron chi connectivity index (χ2n) is 6.20. The molecule has 0 aliphatic carbocycles. The quantitative estimate of drug-likeness (QED) is 0.316. The summed E-state index contributed by atoms with van der Waals surface area (Å²) in [6, 6.07) is -0.463. The molecule has 0 saturated heterocycles. The van der Waals surface area contributed by atoms with E-state index in [0.717, 1.165) is 0 Å². The fourth-order valence-electron chi connectivity index (χ4n) is 2.23. The Kier molecular flexibility index (Phi) is 22.6. The standard InChI is InChI=1S/C13H28S.C6H10ClNO2/c1-3-4-5-6-7-8-9-10-11-12-13-14-2;1-4(6(10)3-7)8-5(2)9/h3-13H2,1-2H3;4H,3H2,1-2H3,(H,8,9)/t;4-/m.0/s1. The number of hydrogen-bond acceptors (Lipinski definition) is 3. The molecule has 3 nitrogen and oxygen atoms in total. The molecule has 0 aliphatic heterocycles. The van der Waals surface area contributed by atoms with Gasteiger partial charge in [0, 0.05) is 6.92 Å². The predicted molar refractivity (Wildman–Crippen MR) is 109 cm³/mol. The molecule has 0 saturated carbocycles. The van der Waals surface area contributed by atoms with Crippen LogP contribution in [0.5, 0.6) is 0 Å². The molecule has 0 heterocycles. The smallest absolute Gasteiger partial charge is 0.217 e. The van der Waals surface area contributed by atoms with Gasteiger partial charge in [-0.3, -0.25) is 9.59 Å². The first-order valence-electron chi connectivity index (χ1n) is 9.34. The van der Waals surface area contributed by atoms with Crippen molar-refractivity contribution >= 4 is 35.1 Å². The maximum Gasteiger partial charge on any atom is 0.217 e. The second kappa shape index (κ2) is 20.8. The normalized spacial score (nSPS) is 11.4. The average Bonchev–Trinajstić information content (AvgIpc) is 2.56. The number of carbonyl (C=O) groups excluding carboxylic acids is 2. The van der Waals surface area contributed by atoms with Crippen molar-refractivity contribution in [3.8, 4) is 0 Å². The van der Waals surface area contributed by atoms with Crippen molar-refractivity contribution in [2.75, 3.05) is 17.9 Å². The molecule has 0 unspecified atom stereocenters. The van der Waals surface area contributed by atoms with Crippen molar-refractivity contribution in [3.63, 3.8) is 0 Å². The zero-order valence-electron chi connectivity index (χ0n) is 16.2. The minimum atomic E-state index is -0.463. The van der Waals surface area contributed by atoms with E-state index >= 15 is 0 Å². The lowest BCUT2D eigenvalue weighted by atomic mass is 10.1. The van der Waals surface area contributed by atoms with Crippen LogP contribution in [0.4, 0.5) is 0 Å². The van der Waals surface area contributed by atoms with E-state index < -0.39 is 6.04 Å². The van der Waals surface area contributed by atoms with E-state index in [0.29, 0.717) is 0 Å². The van der Waals surface area contributed by atoms with E-state index in [1.165, 1.54) is 76.9 Å². The Hall–Kier alpha value is -0.220. The maximum atomic E-state index is 10.7. The van der Waals surface area contributed by atoms with Gasteiger partial charge in [-0.15, -0.1) is 11.6 Å². The van der Waals surface area contributed by atoms with Crippen molar-refractivity contribution in [2.45, 2.75) is 91.0 Å². The molecule has 144 valence electrons. The van der Waals surface area contributed by atoms with Gasteiger partial charge in [0.1, 0.15) is 0 Å². The zero-order chi connectivity index (χ0) is 18.6. The SMILES string of the molecule is CC(=O)N[C@@H](C)C(=O)CCl.CCCCCCCCCCCCSC. The van der Waals surface area contributed by atoms with Crippen LogP contribution >= 0.6 is 23.4 Å². The lowest BCUT2D eigenvalue weighted by Crippen LogP contribution is -2.37. The van der Waals surface area contributed by atoms with Gasteiger partial charge in [0.2, 0.25) is 5.91 Å². The summed E-state index contributed by atoms with van der Waals surface area (Å²) in [6.07, 6.45) is 16.7. The largest absolute Gasteiger partial charge is 0.347 e. The van der Waals surface area contributed by atoms with Crippen molar-refractivity contribution in [2.24, 2.45) is 0 Å². The molecular weight excluding hydrogens is 342 g/mol. The summed E-state index contributed by atoms with van der Waals surface area (Å²) < 4.78 is 0. The summed E-state index contributed by atoms with van der Waals surface area (Å²) in [7, 11) is 0. The summed E-state index contributed by atoms with van der Waals surface area (Å²) in [6.45, 7) is 5.25. The fourth-order valence-corrected chi connectivity index (χ4v) is 2.96. The Labute approximate surface area is 159 Å². The van der Waals surface area contributed by atoms with Gasteiger partial charge in [0.05, 0.1) is 11.9 Å². The van der Waals surface area contributed by atoms with E-state index in [2.05, 4.69) is 18.5 Å². The highest BCUT2D eigenvalue weighted by atomic mass is 35.5. The van der Waals surface area contributed by atoms with Crippen LogP contribution in [-0.4, -0.2) is 35.6 Å². The molecule has 1 N–H and O–H groups in total. The number of hydrogen-bond donors (Lipinski definition) is 1. The van der Waals surface area contributed by atoms with Crippen LogP contribution in [0.15, 0.2) is 0 Å². The van der Waals surface area contributed by atoms with E-state index in [4.69, 9.17) is 11.6 Å². The number of thioether (sulfide) groups is 1. The Balaban J connectivity index is 0. The number of rotatable bonds is 14. The Morgan fingerprint density at radius 1 is 0.958 bits per heavy atom. The summed E-state index contributed by atoms with van der Waals surface area (Å²) in [5, 5.41) is 2.42. The molecule has 24 heavy (non-hydrogen) atoms. The summed E-state index contributed by atoms with van der Waals surface area (Å²) in [4.78, 5) is 21.1. The number of alkyl halides is 1. The molecule has 0 bridgehead atoms. The van der Waals surface area contributed by atoms with Gasteiger partial charge in [-0.2, -0.15) is 11.8 Å². The lowest BCUT2D eigenvalue weighted by Gasteiger charge is -2.07. The number of carbonyl (C=O) groups is 2. The number of ketones is 1. The number of halogens is 1. The fraction of sp³-hybridized carbons (Fsp3) is 0.895. The zero-order valence-corrected chi connectivity index (χ0v) is 17.7. The Morgan fingerprint density at radius 3 is 1.79 bits per heavy atom. The number of nitrogens with one attached hydrogen (secondary N) is 1. The van der Waals surface area contributed by atoms with Gasteiger partial charge in [0.15, 0.2) is 5.78 Å². The summed E-state index contributed by atoms with van der Waals surface area (Å²) >= 11 is 7.21. The number of amides is 1. The van der Waals surface area contributed by atoms with Crippen LogP contribution in [0.1, 0.15) is 85.0 Å². The van der Waals surface area contributed by atoms with Crippen molar-refractivity contribution in [1.82, 2.24) is 5.32 Å². The number of Topliss-reactive ketones (excluding diaryl/α,β-unsaturated/α-hetero) is 1. The highest BCUT2D eigenvalue weighted by molar-refractivity contribution is 7.98. The molecular formula is C19H38ClNO2S. The topological polar surface area (TPSA) is 46.2 Å². The van der Waals surface area contributed by atoms with Crippen LogP contribution in [-0.2, 0) is 9.59 Å². The first-order valence-corrected chi connectivity index (χ1v) is 11.3. The van der Waals surface area contributed by atoms with E-state index in [1.54, 1.807) is 6.92 Å². The van der Waals surface area contributed by atoms with Crippen molar-refractivity contribution in [3.05, 3.63) is 0 Å². The lowest BCUT2D eigenvalue weighted by molar-refractivity contribution is -0.125. The Morgan fingerprint density at radius 2 is 1.42 bits per heavy atom. The monoisotopic (exact) mass is 379 g/mol. The average molecular weight is 380 g/mol. The van der Waals surface area contributed by atoms with Crippen LogP contribution in [0.2, 0.25) is 0 Å². The van der Waals surface area contributed by atoms with Gasteiger partial charge in [0.25, 0.3) is 0 Å². The molecule has 0 aliphatic rings. The first-order chi connectivity index (χ1) is 11.5. The third kappa shape index (κ3) is 21.8.